The van der Waals surface area contributed by atoms with E-state index in [0.29, 0.717) is 18.4 Å². The van der Waals surface area contributed by atoms with Crippen molar-refractivity contribution in [2.75, 3.05) is 6.61 Å². The first-order chi connectivity index (χ1) is 11.4. The molecule has 1 N–H and O–H groups in total. The molecule has 2 saturated carbocycles. The first kappa shape index (κ1) is 18.2. The van der Waals surface area contributed by atoms with Crippen molar-refractivity contribution in [2.45, 2.75) is 83.3 Å². The van der Waals surface area contributed by atoms with Gasteiger partial charge in [-0.3, -0.25) is 0 Å². The van der Waals surface area contributed by atoms with Crippen LogP contribution in [-0.2, 0) is 13.9 Å². The molecule has 4 rings (SSSR count). The van der Waals surface area contributed by atoms with Crippen molar-refractivity contribution in [3.05, 3.63) is 12.2 Å². The van der Waals surface area contributed by atoms with Crippen LogP contribution >= 0.6 is 0 Å². The summed E-state index contributed by atoms with van der Waals surface area (Å²) in [6.07, 6.45) is 5.00. The molecule has 0 aromatic rings. The van der Waals surface area contributed by atoms with Crippen molar-refractivity contribution in [1.82, 2.24) is 0 Å². The smallest absolute Gasteiger partial charge is 0.192 e. The van der Waals surface area contributed by atoms with E-state index < -0.39 is 20.2 Å². The molecule has 0 spiro atoms. The van der Waals surface area contributed by atoms with Gasteiger partial charge in [0.2, 0.25) is 0 Å². The van der Waals surface area contributed by atoms with E-state index in [2.05, 4.69) is 46.0 Å². The molecule has 0 amide bonds. The maximum Gasteiger partial charge on any atom is 0.192 e. The van der Waals surface area contributed by atoms with E-state index in [4.69, 9.17) is 13.9 Å². The highest BCUT2D eigenvalue weighted by atomic mass is 28.4. The zero-order chi connectivity index (χ0) is 18.4. The van der Waals surface area contributed by atoms with Crippen LogP contribution in [-0.4, -0.2) is 44.1 Å². The molecular weight excluding hydrogens is 332 g/mol. The topological polar surface area (TPSA) is 47.9 Å². The second-order valence-electron chi connectivity index (χ2n) is 10.6. The molecule has 1 aliphatic heterocycles. The molecule has 4 aliphatic rings. The van der Waals surface area contributed by atoms with Crippen molar-refractivity contribution in [3.63, 3.8) is 0 Å². The molecule has 1 heterocycles. The summed E-state index contributed by atoms with van der Waals surface area (Å²) in [6, 6.07) is 0. The Hall–Kier alpha value is -0.203. The van der Waals surface area contributed by atoms with Crippen molar-refractivity contribution >= 4 is 8.32 Å². The summed E-state index contributed by atoms with van der Waals surface area (Å²) in [5.41, 5.74) is -0.146. The fourth-order valence-electron chi connectivity index (χ4n) is 5.48. The minimum absolute atomic E-state index is 0.0766. The average molecular weight is 367 g/mol. The van der Waals surface area contributed by atoms with Crippen LogP contribution < -0.4 is 0 Å². The molecule has 7 unspecified atom stereocenters. The number of aliphatic hydroxyl groups is 1. The van der Waals surface area contributed by atoms with Gasteiger partial charge in [0.1, 0.15) is 6.10 Å². The maximum absolute atomic E-state index is 11.1. The van der Waals surface area contributed by atoms with Gasteiger partial charge >= 0.3 is 0 Å². The summed E-state index contributed by atoms with van der Waals surface area (Å²) < 4.78 is 19.2. The highest BCUT2D eigenvalue weighted by Gasteiger charge is 2.73. The SMILES string of the molecule is CC1(C)OC2C(O)C3C4C=CC(C4)C3(CO[Si](C)(C)C(C)(C)C)C2O1. The van der Waals surface area contributed by atoms with E-state index in [9.17, 15) is 5.11 Å². The number of allylic oxidation sites excluding steroid dienone is 2. The molecule has 0 aromatic heterocycles. The molecule has 142 valence electrons. The van der Waals surface area contributed by atoms with Crippen LogP contribution in [0.3, 0.4) is 0 Å². The summed E-state index contributed by atoms with van der Waals surface area (Å²) in [5, 5.41) is 11.3. The standard InChI is InChI=1S/C20H34O4Si/c1-18(2,3)25(6,7)22-11-20-13-9-8-12(10-13)14(20)15(21)16-17(20)24-19(4,5)23-16/h8-9,12-17,21H,10-11H2,1-7H3. The molecule has 3 fully saturated rings. The Kier molecular flexibility index (Phi) is 3.78. The lowest BCUT2D eigenvalue weighted by Gasteiger charge is -2.45. The van der Waals surface area contributed by atoms with Gasteiger partial charge in [-0.2, -0.15) is 0 Å². The van der Waals surface area contributed by atoms with Crippen LogP contribution in [0, 0.1) is 23.2 Å². The van der Waals surface area contributed by atoms with E-state index in [1.54, 1.807) is 0 Å². The van der Waals surface area contributed by atoms with Gasteiger partial charge in [-0.05, 0) is 50.2 Å². The quantitative estimate of drug-likeness (QED) is 0.611. The predicted molar refractivity (Wildman–Crippen MR) is 99.6 cm³/mol. The number of fused-ring (bicyclic) bond motifs is 7. The van der Waals surface area contributed by atoms with Gasteiger partial charge in [0.15, 0.2) is 14.1 Å². The summed E-state index contributed by atoms with van der Waals surface area (Å²) in [4.78, 5) is 0. The predicted octanol–water partition coefficient (Wildman–Crippen LogP) is 3.71. The fourth-order valence-corrected chi connectivity index (χ4v) is 6.52. The normalized spacial score (nSPS) is 47.4. The fraction of sp³-hybridized carbons (Fsp3) is 0.900. The van der Waals surface area contributed by atoms with Crippen molar-refractivity contribution < 1.29 is 19.0 Å². The van der Waals surface area contributed by atoms with Crippen molar-refractivity contribution in [2.24, 2.45) is 23.2 Å². The van der Waals surface area contributed by atoms with Gasteiger partial charge in [-0.1, -0.05) is 32.9 Å². The van der Waals surface area contributed by atoms with Crippen LogP contribution in [0.2, 0.25) is 18.1 Å². The zero-order valence-electron chi connectivity index (χ0n) is 16.7. The van der Waals surface area contributed by atoms with Crippen LogP contribution in [0.5, 0.6) is 0 Å². The lowest BCUT2D eigenvalue weighted by molar-refractivity contribution is -0.190. The summed E-state index contributed by atoms with van der Waals surface area (Å²) in [7, 11) is -1.87. The first-order valence-corrected chi connectivity index (χ1v) is 12.7. The highest BCUT2D eigenvalue weighted by molar-refractivity contribution is 6.74. The molecule has 0 aromatic carbocycles. The number of ether oxygens (including phenoxy) is 2. The van der Waals surface area contributed by atoms with E-state index in [1.807, 2.05) is 13.8 Å². The van der Waals surface area contributed by atoms with Crippen LogP contribution in [0.15, 0.2) is 12.2 Å². The molecule has 0 radical (unpaired) electrons. The lowest BCUT2D eigenvalue weighted by atomic mass is 9.69. The Labute approximate surface area is 153 Å². The molecule has 4 nitrogen and oxygen atoms in total. The van der Waals surface area contributed by atoms with E-state index >= 15 is 0 Å². The van der Waals surface area contributed by atoms with E-state index in [0.717, 1.165) is 6.42 Å². The maximum atomic E-state index is 11.1. The molecule has 2 bridgehead atoms. The van der Waals surface area contributed by atoms with Gasteiger partial charge in [0.05, 0.1) is 12.2 Å². The third kappa shape index (κ3) is 2.39. The lowest BCUT2D eigenvalue weighted by Crippen LogP contribution is -2.51. The third-order valence-electron chi connectivity index (χ3n) is 7.74. The van der Waals surface area contributed by atoms with Crippen LogP contribution in [0.25, 0.3) is 0 Å². The average Bonchev–Trinajstić information content (AvgIpc) is 3.17. The molecule has 7 atom stereocenters. The number of hydrogen-bond donors (Lipinski definition) is 1. The number of hydrogen-bond acceptors (Lipinski definition) is 4. The van der Waals surface area contributed by atoms with Crippen molar-refractivity contribution in [3.8, 4) is 0 Å². The summed E-state index contributed by atoms with van der Waals surface area (Å²) in [5.74, 6) is 0.424. The van der Waals surface area contributed by atoms with Gasteiger partial charge in [-0.15, -0.1) is 0 Å². The Bertz CT molecular complexity index is 593. The number of rotatable bonds is 3. The first-order valence-electron chi connectivity index (χ1n) is 9.75. The summed E-state index contributed by atoms with van der Waals surface area (Å²) in [6.45, 7) is 16.0. The van der Waals surface area contributed by atoms with Crippen molar-refractivity contribution in [1.29, 1.82) is 0 Å². The largest absolute Gasteiger partial charge is 0.416 e. The highest BCUT2D eigenvalue weighted by Crippen LogP contribution is 2.67. The molecule has 25 heavy (non-hydrogen) atoms. The minimum atomic E-state index is -1.87. The zero-order valence-corrected chi connectivity index (χ0v) is 17.7. The van der Waals surface area contributed by atoms with E-state index in [1.165, 1.54) is 0 Å². The summed E-state index contributed by atoms with van der Waals surface area (Å²) >= 11 is 0. The molecule has 3 aliphatic carbocycles. The van der Waals surface area contributed by atoms with Gasteiger partial charge in [0, 0.05) is 17.9 Å². The monoisotopic (exact) mass is 366 g/mol. The van der Waals surface area contributed by atoms with Gasteiger partial charge < -0.3 is 19.0 Å². The van der Waals surface area contributed by atoms with E-state index in [-0.39, 0.29) is 28.6 Å². The molecule has 5 heteroatoms. The molecular formula is C20H34O4Si. The Balaban J connectivity index is 1.68. The Morgan fingerprint density at radius 3 is 2.52 bits per heavy atom. The Morgan fingerprint density at radius 2 is 1.88 bits per heavy atom. The minimum Gasteiger partial charge on any atom is -0.416 e. The van der Waals surface area contributed by atoms with Gasteiger partial charge in [0.25, 0.3) is 0 Å². The second kappa shape index (κ2) is 5.19. The molecule has 1 saturated heterocycles. The Morgan fingerprint density at radius 1 is 1.20 bits per heavy atom. The second-order valence-corrected chi connectivity index (χ2v) is 15.4. The van der Waals surface area contributed by atoms with Crippen LogP contribution in [0.1, 0.15) is 41.0 Å². The number of aliphatic hydroxyl groups excluding tert-OH is 1. The van der Waals surface area contributed by atoms with Gasteiger partial charge in [-0.25, -0.2) is 0 Å². The van der Waals surface area contributed by atoms with Crippen LogP contribution in [0.4, 0.5) is 0 Å². The third-order valence-corrected chi connectivity index (χ3v) is 12.2.